The minimum atomic E-state index is -1.35. The maximum absolute atomic E-state index is 12.8. The summed E-state index contributed by atoms with van der Waals surface area (Å²) in [6.07, 6.45) is 1.67. The Balaban J connectivity index is 2.09. The number of hydrogen-bond acceptors (Lipinski definition) is 5. The van der Waals surface area contributed by atoms with Crippen molar-refractivity contribution in [1.82, 2.24) is 24.9 Å². The number of carbonyl (C=O) groups excluding carboxylic acids is 1. The number of aromatic nitrogens is 4. The van der Waals surface area contributed by atoms with Crippen LogP contribution in [0.5, 0.6) is 0 Å². The lowest BCUT2D eigenvalue weighted by Gasteiger charge is -2.11. The highest BCUT2D eigenvalue weighted by Crippen LogP contribution is 2.20. The Kier molecular flexibility index (Phi) is 5.86. The van der Waals surface area contributed by atoms with Crippen LogP contribution in [-0.4, -0.2) is 49.9 Å². The Hall–Kier alpha value is -3.04. The van der Waals surface area contributed by atoms with Crippen molar-refractivity contribution in [3.8, 4) is 16.9 Å². The highest BCUT2D eigenvalue weighted by Gasteiger charge is 2.19. The van der Waals surface area contributed by atoms with Crippen molar-refractivity contribution < 1.29 is 14.3 Å². The van der Waals surface area contributed by atoms with Gasteiger partial charge in [0, 0.05) is 24.2 Å². The molecule has 0 aliphatic heterocycles. The van der Waals surface area contributed by atoms with Crippen molar-refractivity contribution in [2.24, 2.45) is 7.05 Å². The quantitative estimate of drug-likeness (QED) is 0.644. The van der Waals surface area contributed by atoms with Gasteiger partial charge in [0.1, 0.15) is 17.9 Å². The summed E-state index contributed by atoms with van der Waals surface area (Å²) in [5, 5.41) is 20.5. The molecule has 0 saturated carbocycles. The summed E-state index contributed by atoms with van der Waals surface area (Å²) in [5.74, 6) is -0.743. The number of benzene rings is 1. The molecule has 0 aliphatic rings. The predicted molar refractivity (Wildman–Crippen MR) is 101 cm³/mol. The van der Waals surface area contributed by atoms with Crippen molar-refractivity contribution in [2.45, 2.75) is 6.10 Å². The van der Waals surface area contributed by atoms with Gasteiger partial charge in [0.2, 0.25) is 0 Å². The Morgan fingerprint density at radius 3 is 2.68 bits per heavy atom. The Labute approximate surface area is 164 Å². The van der Waals surface area contributed by atoms with E-state index in [1.807, 2.05) is 0 Å². The van der Waals surface area contributed by atoms with Crippen LogP contribution in [0.4, 0.5) is 4.39 Å². The number of amides is 1. The molecule has 0 radical (unpaired) electrons. The van der Waals surface area contributed by atoms with E-state index in [-0.39, 0.29) is 12.1 Å². The van der Waals surface area contributed by atoms with E-state index in [4.69, 9.17) is 11.6 Å². The topological polar surface area (TPSA) is 102 Å². The van der Waals surface area contributed by atoms with Gasteiger partial charge in [-0.15, -0.1) is 0 Å². The van der Waals surface area contributed by atoms with Crippen molar-refractivity contribution in [3.05, 3.63) is 63.7 Å². The minimum absolute atomic E-state index is 0.199. The molecular formula is C18H17ClFN5O3. The maximum atomic E-state index is 12.8. The fourth-order valence-corrected chi connectivity index (χ4v) is 2.60. The first-order valence-electron chi connectivity index (χ1n) is 8.30. The van der Waals surface area contributed by atoms with E-state index in [9.17, 15) is 19.1 Å². The van der Waals surface area contributed by atoms with Crippen LogP contribution in [-0.2, 0) is 7.05 Å². The van der Waals surface area contributed by atoms with Gasteiger partial charge in [0.25, 0.3) is 11.5 Å². The molecule has 28 heavy (non-hydrogen) atoms. The van der Waals surface area contributed by atoms with Crippen molar-refractivity contribution >= 4 is 17.5 Å². The van der Waals surface area contributed by atoms with Crippen molar-refractivity contribution in [2.75, 3.05) is 13.2 Å². The molecule has 2 aromatic heterocycles. The lowest BCUT2D eigenvalue weighted by Crippen LogP contribution is -2.37. The van der Waals surface area contributed by atoms with E-state index in [2.05, 4.69) is 15.5 Å². The third-order valence-corrected chi connectivity index (χ3v) is 4.16. The molecule has 3 aromatic rings. The van der Waals surface area contributed by atoms with Gasteiger partial charge in [-0.3, -0.25) is 14.3 Å². The number of rotatable bonds is 6. The number of alkyl halides is 1. The molecule has 3 rings (SSSR count). The second-order valence-electron chi connectivity index (χ2n) is 6.06. The molecule has 0 aliphatic carbocycles. The lowest BCUT2D eigenvalue weighted by atomic mass is 10.1. The molecule has 0 spiro atoms. The van der Waals surface area contributed by atoms with Gasteiger partial charge in [-0.05, 0) is 18.2 Å². The SMILES string of the molecule is Cn1cc(-n2nc(-c3ccc(Cl)cc3)cc(C(=O)NC[C@H](O)CF)c2=O)cn1. The van der Waals surface area contributed by atoms with E-state index < -0.39 is 24.2 Å². The summed E-state index contributed by atoms with van der Waals surface area (Å²) in [5.41, 5.74) is 0.505. The standard InChI is InChI=1S/C18H17ClFN5O3/c1-24-10-13(8-22-24)25-18(28)15(17(27)21-9-14(26)7-20)6-16(23-25)11-2-4-12(19)5-3-11/h2-6,8,10,14,26H,7,9H2,1H3,(H,21,27)/t14-/m1/s1. The van der Waals surface area contributed by atoms with Crippen LogP contribution in [0, 0.1) is 0 Å². The number of aryl methyl sites for hydroxylation is 1. The molecule has 0 saturated heterocycles. The summed E-state index contributed by atoms with van der Waals surface area (Å²) >= 11 is 5.92. The van der Waals surface area contributed by atoms with Crippen LogP contribution in [0.1, 0.15) is 10.4 Å². The third kappa shape index (κ3) is 4.26. The van der Waals surface area contributed by atoms with E-state index in [0.717, 1.165) is 4.68 Å². The smallest absolute Gasteiger partial charge is 0.284 e. The number of nitrogens with zero attached hydrogens (tertiary/aromatic N) is 4. The first-order chi connectivity index (χ1) is 13.4. The summed E-state index contributed by atoms with van der Waals surface area (Å²) in [7, 11) is 1.68. The molecule has 0 unspecified atom stereocenters. The first-order valence-corrected chi connectivity index (χ1v) is 8.68. The highest BCUT2D eigenvalue weighted by molar-refractivity contribution is 6.30. The average molecular weight is 406 g/mol. The Bertz CT molecular complexity index is 1050. The van der Waals surface area contributed by atoms with Gasteiger partial charge in [-0.2, -0.15) is 14.9 Å². The molecule has 10 heteroatoms. The van der Waals surface area contributed by atoms with Gasteiger partial charge in [0.15, 0.2) is 0 Å². The number of aliphatic hydroxyl groups is 1. The van der Waals surface area contributed by atoms with Crippen LogP contribution in [0.2, 0.25) is 5.02 Å². The van der Waals surface area contributed by atoms with Crippen LogP contribution in [0.15, 0.2) is 47.5 Å². The molecule has 0 fully saturated rings. The van der Waals surface area contributed by atoms with E-state index >= 15 is 0 Å². The van der Waals surface area contributed by atoms with Crippen LogP contribution < -0.4 is 10.9 Å². The van der Waals surface area contributed by atoms with Gasteiger partial charge in [0.05, 0.1) is 24.2 Å². The van der Waals surface area contributed by atoms with Crippen LogP contribution in [0.25, 0.3) is 16.9 Å². The van der Waals surface area contributed by atoms with E-state index in [1.54, 1.807) is 37.5 Å². The highest BCUT2D eigenvalue weighted by atomic mass is 35.5. The number of aliphatic hydroxyl groups excluding tert-OH is 1. The maximum Gasteiger partial charge on any atom is 0.284 e. The van der Waals surface area contributed by atoms with Crippen LogP contribution in [0.3, 0.4) is 0 Å². The molecule has 1 aromatic carbocycles. The van der Waals surface area contributed by atoms with Crippen LogP contribution >= 0.6 is 11.6 Å². The second kappa shape index (κ2) is 8.32. The van der Waals surface area contributed by atoms with Gasteiger partial charge >= 0.3 is 0 Å². The summed E-state index contributed by atoms with van der Waals surface area (Å²) in [6, 6.07) is 8.08. The largest absolute Gasteiger partial charge is 0.389 e. The molecule has 0 bridgehead atoms. The zero-order chi connectivity index (χ0) is 20.3. The normalized spacial score (nSPS) is 12.0. The van der Waals surface area contributed by atoms with Gasteiger partial charge in [-0.1, -0.05) is 23.7 Å². The second-order valence-corrected chi connectivity index (χ2v) is 6.49. The van der Waals surface area contributed by atoms with E-state index in [0.29, 0.717) is 22.0 Å². The zero-order valence-electron chi connectivity index (χ0n) is 14.8. The first kappa shape index (κ1) is 19.7. The van der Waals surface area contributed by atoms with Crippen molar-refractivity contribution in [3.63, 3.8) is 0 Å². The Morgan fingerprint density at radius 2 is 2.07 bits per heavy atom. The van der Waals surface area contributed by atoms with Crippen molar-refractivity contribution in [1.29, 1.82) is 0 Å². The molecule has 2 heterocycles. The summed E-state index contributed by atoms with van der Waals surface area (Å²) < 4.78 is 15.0. The molecule has 146 valence electrons. The minimum Gasteiger partial charge on any atom is -0.389 e. The van der Waals surface area contributed by atoms with Gasteiger partial charge in [-0.25, -0.2) is 4.39 Å². The molecule has 1 amide bonds. The molecule has 8 nitrogen and oxygen atoms in total. The van der Waals surface area contributed by atoms with Gasteiger partial charge < -0.3 is 10.4 Å². The summed E-state index contributed by atoms with van der Waals surface area (Å²) in [4.78, 5) is 25.3. The molecule has 2 N–H and O–H groups in total. The fraction of sp³-hybridized carbons (Fsp3) is 0.222. The number of nitrogens with one attached hydrogen (secondary N) is 1. The Morgan fingerprint density at radius 1 is 1.36 bits per heavy atom. The van der Waals surface area contributed by atoms with E-state index in [1.165, 1.54) is 16.9 Å². The fourth-order valence-electron chi connectivity index (χ4n) is 2.47. The summed E-state index contributed by atoms with van der Waals surface area (Å²) in [6.45, 7) is -1.33. The monoisotopic (exact) mass is 405 g/mol. The zero-order valence-corrected chi connectivity index (χ0v) is 15.6. The lowest BCUT2D eigenvalue weighted by molar-refractivity contribution is 0.0893. The number of carbonyl (C=O) groups is 1. The predicted octanol–water partition coefficient (Wildman–Crippen LogP) is 1.35. The molecular weight excluding hydrogens is 389 g/mol. The number of halogens is 2. The third-order valence-electron chi connectivity index (χ3n) is 3.91. The average Bonchev–Trinajstić information content (AvgIpc) is 3.12. The molecule has 1 atom stereocenters. The number of hydrogen-bond donors (Lipinski definition) is 2.